The third-order valence-electron chi connectivity index (χ3n) is 4.63. The average Bonchev–Trinajstić information content (AvgIpc) is 3.16. The van der Waals surface area contributed by atoms with E-state index in [0.717, 1.165) is 11.3 Å². The van der Waals surface area contributed by atoms with Crippen LogP contribution in [-0.2, 0) is 6.54 Å². The van der Waals surface area contributed by atoms with Crippen LogP contribution in [0.3, 0.4) is 0 Å². The van der Waals surface area contributed by atoms with Gasteiger partial charge in [0.2, 0.25) is 5.88 Å². The van der Waals surface area contributed by atoms with Gasteiger partial charge in [-0.05, 0) is 30.7 Å². The van der Waals surface area contributed by atoms with E-state index in [0.29, 0.717) is 27.9 Å². The molecule has 146 valence electrons. The number of hydrogen-bond acceptors (Lipinski definition) is 6. The Balaban J connectivity index is 1.83. The summed E-state index contributed by atoms with van der Waals surface area (Å²) in [5, 5.41) is 15.9. The lowest BCUT2D eigenvalue weighted by atomic mass is 10.1. The standard InChI is InChI=1S/C22H19N3O4/c1-14-11-20(24-29-14)23-12-19-17-5-3-4-6-18(17)21(26)25(22(19)27)13-15-7-9-16(28-2)10-8-15/h3-12,27H,13H2,1-2H3. The average molecular weight is 389 g/mol. The molecule has 0 fully saturated rings. The first-order valence-corrected chi connectivity index (χ1v) is 9.01. The summed E-state index contributed by atoms with van der Waals surface area (Å²) in [5.41, 5.74) is 1.02. The van der Waals surface area contributed by atoms with Crippen LogP contribution in [0.1, 0.15) is 16.9 Å². The number of hydrogen-bond donors (Lipinski definition) is 1. The van der Waals surface area contributed by atoms with Crippen molar-refractivity contribution in [1.29, 1.82) is 0 Å². The van der Waals surface area contributed by atoms with Gasteiger partial charge in [0.05, 0.1) is 19.2 Å². The summed E-state index contributed by atoms with van der Waals surface area (Å²) in [6.07, 6.45) is 1.50. The van der Waals surface area contributed by atoms with Gasteiger partial charge in [-0.3, -0.25) is 9.36 Å². The summed E-state index contributed by atoms with van der Waals surface area (Å²) >= 11 is 0. The molecule has 2 aromatic carbocycles. The fourth-order valence-electron chi connectivity index (χ4n) is 3.14. The summed E-state index contributed by atoms with van der Waals surface area (Å²) in [4.78, 5) is 17.3. The Bertz CT molecular complexity index is 1250. The van der Waals surface area contributed by atoms with Crippen LogP contribution in [0.2, 0.25) is 0 Å². The van der Waals surface area contributed by atoms with Gasteiger partial charge < -0.3 is 14.4 Å². The topological polar surface area (TPSA) is 89.8 Å². The van der Waals surface area contributed by atoms with E-state index in [4.69, 9.17) is 9.26 Å². The molecule has 2 heterocycles. The van der Waals surface area contributed by atoms with Crippen molar-refractivity contribution in [2.45, 2.75) is 13.5 Å². The molecule has 4 aromatic rings. The minimum Gasteiger partial charge on any atom is -0.497 e. The zero-order valence-electron chi connectivity index (χ0n) is 16.0. The molecular weight excluding hydrogens is 370 g/mol. The van der Waals surface area contributed by atoms with Crippen LogP contribution in [-0.4, -0.2) is 28.2 Å². The summed E-state index contributed by atoms with van der Waals surface area (Å²) < 4.78 is 11.5. The van der Waals surface area contributed by atoms with Crippen molar-refractivity contribution in [2.75, 3.05) is 7.11 Å². The van der Waals surface area contributed by atoms with Gasteiger partial charge in [-0.15, -0.1) is 0 Å². The van der Waals surface area contributed by atoms with Crippen LogP contribution in [0.25, 0.3) is 10.8 Å². The van der Waals surface area contributed by atoms with E-state index in [1.165, 1.54) is 10.8 Å². The minimum absolute atomic E-state index is 0.159. The number of aromatic hydroxyl groups is 1. The molecule has 0 spiro atoms. The number of methoxy groups -OCH3 is 1. The van der Waals surface area contributed by atoms with Gasteiger partial charge in [0.15, 0.2) is 5.82 Å². The Hall–Kier alpha value is -3.87. The number of pyridine rings is 1. The number of aryl methyl sites for hydroxylation is 1. The number of benzene rings is 2. The molecule has 0 aliphatic rings. The quantitative estimate of drug-likeness (QED) is 0.524. The number of nitrogens with zero attached hydrogens (tertiary/aromatic N) is 3. The van der Waals surface area contributed by atoms with Crippen molar-refractivity contribution in [3.63, 3.8) is 0 Å². The highest BCUT2D eigenvalue weighted by Gasteiger charge is 2.15. The molecule has 0 aliphatic carbocycles. The van der Waals surface area contributed by atoms with Crippen LogP contribution < -0.4 is 10.3 Å². The summed E-state index contributed by atoms with van der Waals surface area (Å²) in [6, 6.07) is 16.1. The normalized spacial score (nSPS) is 11.4. The SMILES string of the molecule is COc1ccc(Cn2c(O)c(C=Nc3cc(C)on3)c3ccccc3c2=O)cc1. The third-order valence-corrected chi connectivity index (χ3v) is 4.63. The maximum Gasteiger partial charge on any atom is 0.261 e. The van der Waals surface area contributed by atoms with Crippen molar-refractivity contribution < 1.29 is 14.4 Å². The van der Waals surface area contributed by atoms with E-state index >= 15 is 0 Å². The van der Waals surface area contributed by atoms with E-state index in [2.05, 4.69) is 10.1 Å². The van der Waals surface area contributed by atoms with Gasteiger partial charge in [-0.2, -0.15) is 0 Å². The number of ether oxygens (including phenoxy) is 1. The number of aromatic nitrogens is 2. The second-order valence-corrected chi connectivity index (χ2v) is 6.58. The molecule has 2 aromatic heterocycles. The highest BCUT2D eigenvalue weighted by Crippen LogP contribution is 2.25. The first-order valence-electron chi connectivity index (χ1n) is 9.01. The van der Waals surface area contributed by atoms with Gasteiger partial charge in [-0.1, -0.05) is 35.5 Å². The second-order valence-electron chi connectivity index (χ2n) is 6.58. The van der Waals surface area contributed by atoms with Crippen LogP contribution in [0.5, 0.6) is 11.6 Å². The lowest BCUT2D eigenvalue weighted by molar-refractivity contribution is 0.399. The third kappa shape index (κ3) is 3.62. The molecule has 0 saturated carbocycles. The fourth-order valence-corrected chi connectivity index (χ4v) is 3.14. The van der Waals surface area contributed by atoms with Gasteiger partial charge in [0.1, 0.15) is 11.5 Å². The summed E-state index contributed by atoms with van der Waals surface area (Å²) in [5.74, 6) is 1.59. The van der Waals surface area contributed by atoms with E-state index in [1.54, 1.807) is 38.3 Å². The van der Waals surface area contributed by atoms with Crippen LogP contribution in [0.15, 0.2) is 68.9 Å². The number of fused-ring (bicyclic) bond motifs is 1. The van der Waals surface area contributed by atoms with E-state index in [9.17, 15) is 9.90 Å². The Kier molecular flexibility index (Phi) is 4.87. The van der Waals surface area contributed by atoms with Gasteiger partial charge in [-0.25, -0.2) is 4.99 Å². The molecule has 0 aliphatic heterocycles. The number of rotatable bonds is 5. The first kappa shape index (κ1) is 18.5. The van der Waals surface area contributed by atoms with Crippen molar-refractivity contribution in [1.82, 2.24) is 9.72 Å². The molecule has 7 nitrogen and oxygen atoms in total. The Morgan fingerprint density at radius 1 is 1.17 bits per heavy atom. The van der Waals surface area contributed by atoms with Crippen LogP contribution in [0.4, 0.5) is 5.82 Å². The molecule has 0 unspecified atom stereocenters. The molecule has 1 N–H and O–H groups in total. The minimum atomic E-state index is -0.275. The summed E-state index contributed by atoms with van der Waals surface area (Å²) in [7, 11) is 1.59. The predicted molar refractivity (Wildman–Crippen MR) is 110 cm³/mol. The smallest absolute Gasteiger partial charge is 0.261 e. The van der Waals surface area contributed by atoms with E-state index in [-0.39, 0.29) is 18.0 Å². The maximum atomic E-state index is 13.0. The van der Waals surface area contributed by atoms with Crippen molar-refractivity contribution in [3.8, 4) is 11.6 Å². The van der Waals surface area contributed by atoms with E-state index < -0.39 is 0 Å². The molecule has 0 saturated heterocycles. The highest BCUT2D eigenvalue weighted by molar-refractivity contribution is 6.02. The molecule has 29 heavy (non-hydrogen) atoms. The Labute approximate surface area is 166 Å². The molecular formula is C22H19N3O4. The maximum absolute atomic E-state index is 13.0. The molecule has 0 amide bonds. The molecule has 0 atom stereocenters. The van der Waals surface area contributed by atoms with Gasteiger partial charge in [0, 0.05) is 23.1 Å². The number of aliphatic imine (C=N–C) groups is 1. The Morgan fingerprint density at radius 3 is 2.55 bits per heavy atom. The second kappa shape index (κ2) is 7.63. The first-order chi connectivity index (χ1) is 14.1. The van der Waals surface area contributed by atoms with Crippen molar-refractivity contribution in [2.24, 2.45) is 4.99 Å². The highest BCUT2D eigenvalue weighted by atomic mass is 16.5. The fraction of sp³-hybridized carbons (Fsp3) is 0.136. The summed E-state index contributed by atoms with van der Waals surface area (Å²) in [6.45, 7) is 1.98. The van der Waals surface area contributed by atoms with Crippen molar-refractivity contribution in [3.05, 3.63) is 81.8 Å². The van der Waals surface area contributed by atoms with Gasteiger partial charge in [0.25, 0.3) is 5.56 Å². The lowest BCUT2D eigenvalue weighted by Crippen LogP contribution is -2.22. The molecule has 4 rings (SSSR count). The molecule has 7 heteroatoms. The van der Waals surface area contributed by atoms with Gasteiger partial charge >= 0.3 is 0 Å². The van der Waals surface area contributed by atoms with Crippen molar-refractivity contribution >= 4 is 22.8 Å². The van der Waals surface area contributed by atoms with E-state index in [1.807, 2.05) is 30.3 Å². The zero-order chi connectivity index (χ0) is 20.4. The Morgan fingerprint density at radius 2 is 1.90 bits per heavy atom. The molecule has 0 radical (unpaired) electrons. The van der Waals surface area contributed by atoms with Crippen LogP contribution in [0, 0.1) is 6.92 Å². The largest absolute Gasteiger partial charge is 0.497 e. The monoisotopic (exact) mass is 389 g/mol. The molecule has 0 bridgehead atoms. The zero-order valence-corrected chi connectivity index (χ0v) is 16.0. The van der Waals surface area contributed by atoms with Crippen LogP contribution >= 0.6 is 0 Å². The predicted octanol–water partition coefficient (Wildman–Crippen LogP) is 3.81. The lowest BCUT2D eigenvalue weighted by Gasteiger charge is -2.14.